The maximum atomic E-state index is 12.3. The highest BCUT2D eigenvalue weighted by molar-refractivity contribution is 9.10. The van der Waals surface area contributed by atoms with Crippen molar-refractivity contribution in [1.82, 2.24) is 4.72 Å². The molecule has 0 saturated carbocycles. The Kier molecular flexibility index (Phi) is 5.89. The first-order valence-electron chi connectivity index (χ1n) is 6.12. The fraction of sp³-hybridized carbons (Fsp3) is 0.385. The van der Waals surface area contributed by atoms with Crippen LogP contribution in [0.25, 0.3) is 0 Å². The van der Waals surface area contributed by atoms with Gasteiger partial charge in [0.15, 0.2) is 0 Å². The zero-order chi connectivity index (χ0) is 16.2. The Labute approximate surface area is 132 Å². The van der Waals surface area contributed by atoms with E-state index in [0.29, 0.717) is 4.47 Å². The zero-order valence-corrected chi connectivity index (χ0v) is 13.9. The van der Waals surface area contributed by atoms with Gasteiger partial charge in [0.1, 0.15) is 17.0 Å². The van der Waals surface area contributed by atoms with Gasteiger partial charge in [0.2, 0.25) is 10.0 Å². The molecule has 21 heavy (non-hydrogen) atoms. The fourth-order valence-electron chi connectivity index (χ4n) is 1.73. The summed E-state index contributed by atoms with van der Waals surface area (Å²) in [6.07, 6.45) is 0.157. The maximum absolute atomic E-state index is 12.3. The SMILES string of the molecule is CC(C)C[C@H](NS(=O)(=O)c1cc(Br)ccc1C#N)C(=O)O. The van der Waals surface area contributed by atoms with Crippen LogP contribution in [0.3, 0.4) is 0 Å². The summed E-state index contributed by atoms with van der Waals surface area (Å²) in [5.74, 6) is -1.24. The largest absolute Gasteiger partial charge is 0.480 e. The van der Waals surface area contributed by atoms with Crippen LogP contribution in [0, 0.1) is 17.2 Å². The zero-order valence-electron chi connectivity index (χ0n) is 11.5. The van der Waals surface area contributed by atoms with Crippen LogP contribution < -0.4 is 4.72 Å². The van der Waals surface area contributed by atoms with Gasteiger partial charge in [-0.05, 0) is 30.5 Å². The molecule has 1 aromatic carbocycles. The summed E-state index contributed by atoms with van der Waals surface area (Å²) in [5.41, 5.74) is -0.0422. The third kappa shape index (κ3) is 4.81. The minimum Gasteiger partial charge on any atom is -0.480 e. The Morgan fingerprint density at radius 2 is 2.10 bits per heavy atom. The molecule has 0 amide bonds. The van der Waals surface area contributed by atoms with E-state index >= 15 is 0 Å². The average molecular weight is 375 g/mol. The number of aliphatic carboxylic acids is 1. The molecule has 0 bridgehead atoms. The molecule has 0 spiro atoms. The Bertz CT molecular complexity index is 680. The van der Waals surface area contributed by atoms with Crippen molar-refractivity contribution in [1.29, 1.82) is 5.26 Å². The molecule has 2 N–H and O–H groups in total. The van der Waals surface area contributed by atoms with Crippen LogP contribution >= 0.6 is 15.9 Å². The molecule has 0 aliphatic heterocycles. The van der Waals surface area contributed by atoms with Crippen molar-refractivity contribution in [3.63, 3.8) is 0 Å². The predicted molar refractivity (Wildman–Crippen MR) is 80.1 cm³/mol. The van der Waals surface area contributed by atoms with Gasteiger partial charge in [-0.25, -0.2) is 8.42 Å². The smallest absolute Gasteiger partial charge is 0.321 e. The number of sulfonamides is 1. The summed E-state index contributed by atoms with van der Waals surface area (Å²) in [7, 11) is -4.10. The first-order chi connectivity index (χ1) is 9.67. The lowest BCUT2D eigenvalue weighted by atomic mass is 10.1. The molecular weight excluding hydrogens is 360 g/mol. The standard InChI is InChI=1S/C13H15BrN2O4S/c1-8(2)5-11(13(17)18)16-21(19,20)12-6-10(14)4-3-9(12)7-15/h3-4,6,8,11,16H,5H2,1-2H3,(H,17,18)/t11-/m0/s1. The van der Waals surface area contributed by atoms with E-state index in [0.717, 1.165) is 0 Å². The van der Waals surface area contributed by atoms with Crippen LogP contribution in [0.2, 0.25) is 0 Å². The Hall–Kier alpha value is -1.43. The molecule has 6 nitrogen and oxygen atoms in total. The van der Waals surface area contributed by atoms with Crippen LogP contribution in [0.1, 0.15) is 25.8 Å². The first kappa shape index (κ1) is 17.6. The molecule has 1 atom stereocenters. The summed E-state index contributed by atoms with van der Waals surface area (Å²) < 4.78 is 27.3. The van der Waals surface area contributed by atoms with E-state index in [1.807, 2.05) is 0 Å². The highest BCUT2D eigenvalue weighted by Crippen LogP contribution is 2.21. The molecule has 0 radical (unpaired) electrons. The number of nitrogens with zero attached hydrogens (tertiary/aromatic N) is 1. The van der Waals surface area contributed by atoms with Crippen LogP contribution in [0.15, 0.2) is 27.6 Å². The number of nitrogens with one attached hydrogen (secondary N) is 1. The Morgan fingerprint density at radius 3 is 2.57 bits per heavy atom. The quantitative estimate of drug-likeness (QED) is 0.792. The van der Waals surface area contributed by atoms with Gasteiger partial charge in [0.25, 0.3) is 0 Å². The molecule has 114 valence electrons. The van der Waals surface area contributed by atoms with E-state index in [2.05, 4.69) is 20.7 Å². The van der Waals surface area contributed by atoms with Gasteiger partial charge in [0, 0.05) is 4.47 Å². The van der Waals surface area contributed by atoms with Gasteiger partial charge in [-0.1, -0.05) is 29.8 Å². The molecule has 0 aliphatic carbocycles. The van der Waals surface area contributed by atoms with Crippen LogP contribution in [-0.4, -0.2) is 25.5 Å². The number of carboxylic acid groups (broad SMARTS) is 1. The summed E-state index contributed by atoms with van der Waals surface area (Å²) in [6.45, 7) is 3.59. The van der Waals surface area contributed by atoms with Crippen molar-refractivity contribution in [2.45, 2.75) is 31.2 Å². The van der Waals surface area contributed by atoms with Crippen molar-refractivity contribution in [2.75, 3.05) is 0 Å². The van der Waals surface area contributed by atoms with Crippen LogP contribution in [-0.2, 0) is 14.8 Å². The monoisotopic (exact) mass is 374 g/mol. The Morgan fingerprint density at radius 1 is 1.48 bits per heavy atom. The molecule has 0 aromatic heterocycles. The number of carboxylic acids is 1. The summed E-state index contributed by atoms with van der Waals surface area (Å²) in [4.78, 5) is 10.9. The first-order valence-corrected chi connectivity index (χ1v) is 8.39. The average Bonchev–Trinajstić information content (AvgIpc) is 2.37. The predicted octanol–water partition coefficient (Wildman–Crippen LogP) is 2.10. The van der Waals surface area contributed by atoms with Crippen molar-refractivity contribution < 1.29 is 18.3 Å². The number of rotatable bonds is 6. The molecular formula is C13H15BrN2O4S. The number of hydrogen-bond donors (Lipinski definition) is 2. The molecule has 0 saturated heterocycles. The minimum atomic E-state index is -4.10. The number of halogens is 1. The van der Waals surface area contributed by atoms with E-state index < -0.39 is 22.0 Å². The highest BCUT2D eigenvalue weighted by atomic mass is 79.9. The van der Waals surface area contributed by atoms with Gasteiger partial charge in [-0.2, -0.15) is 9.98 Å². The summed E-state index contributed by atoms with van der Waals surface area (Å²) in [6, 6.07) is 4.72. The van der Waals surface area contributed by atoms with E-state index in [1.165, 1.54) is 12.1 Å². The van der Waals surface area contributed by atoms with E-state index in [1.54, 1.807) is 26.0 Å². The third-order valence-electron chi connectivity index (χ3n) is 2.66. The topological polar surface area (TPSA) is 107 Å². The Balaban J connectivity index is 3.20. The third-order valence-corrected chi connectivity index (χ3v) is 4.66. The highest BCUT2D eigenvalue weighted by Gasteiger charge is 2.27. The van der Waals surface area contributed by atoms with Crippen molar-refractivity contribution in [3.8, 4) is 6.07 Å². The van der Waals surface area contributed by atoms with Gasteiger partial charge in [-0.3, -0.25) is 4.79 Å². The molecule has 0 fully saturated rings. The molecule has 0 aliphatic rings. The second-order valence-corrected chi connectivity index (χ2v) is 7.49. The van der Waals surface area contributed by atoms with E-state index in [9.17, 15) is 13.2 Å². The van der Waals surface area contributed by atoms with Crippen LogP contribution in [0.4, 0.5) is 0 Å². The molecule has 8 heteroatoms. The van der Waals surface area contributed by atoms with E-state index in [-0.39, 0.29) is 22.8 Å². The lowest BCUT2D eigenvalue weighted by Gasteiger charge is -2.17. The lowest BCUT2D eigenvalue weighted by molar-refractivity contribution is -0.139. The number of benzene rings is 1. The number of carbonyl (C=O) groups is 1. The van der Waals surface area contributed by atoms with Gasteiger partial charge < -0.3 is 5.11 Å². The van der Waals surface area contributed by atoms with Gasteiger partial charge >= 0.3 is 5.97 Å². The molecule has 0 heterocycles. The molecule has 0 unspecified atom stereocenters. The van der Waals surface area contributed by atoms with Gasteiger partial charge in [-0.15, -0.1) is 0 Å². The molecule has 1 aromatic rings. The summed E-state index contributed by atoms with van der Waals surface area (Å²) >= 11 is 3.14. The summed E-state index contributed by atoms with van der Waals surface area (Å²) in [5, 5.41) is 18.1. The fourth-order valence-corrected chi connectivity index (χ4v) is 3.63. The van der Waals surface area contributed by atoms with Crippen molar-refractivity contribution >= 4 is 31.9 Å². The second-order valence-electron chi connectivity index (χ2n) is 4.89. The number of hydrogen-bond acceptors (Lipinski definition) is 4. The van der Waals surface area contributed by atoms with Crippen molar-refractivity contribution in [2.24, 2.45) is 5.92 Å². The van der Waals surface area contributed by atoms with E-state index in [4.69, 9.17) is 10.4 Å². The van der Waals surface area contributed by atoms with Gasteiger partial charge in [0.05, 0.1) is 5.56 Å². The van der Waals surface area contributed by atoms with Crippen molar-refractivity contribution in [3.05, 3.63) is 28.2 Å². The number of nitriles is 1. The second kappa shape index (κ2) is 7.02. The lowest BCUT2D eigenvalue weighted by Crippen LogP contribution is -2.41. The minimum absolute atomic E-state index is 0.00625. The van der Waals surface area contributed by atoms with Crippen LogP contribution in [0.5, 0.6) is 0 Å². The maximum Gasteiger partial charge on any atom is 0.321 e. The normalized spacial score (nSPS) is 12.9. The molecule has 1 rings (SSSR count).